The molecule has 0 aliphatic rings. The minimum atomic E-state index is -0.912. The molecule has 0 aliphatic heterocycles. The number of carboxylic acid groups (broad SMARTS) is 1. The Morgan fingerprint density at radius 3 is 2.72 bits per heavy atom. The smallest absolute Gasteiger partial charge is 0.354 e. The van der Waals surface area contributed by atoms with Gasteiger partial charge in [0.15, 0.2) is 0 Å². The van der Waals surface area contributed by atoms with Gasteiger partial charge in [-0.1, -0.05) is 30.3 Å². The number of hydrogen-bond donors (Lipinski definition) is 1. The molecule has 0 saturated carbocycles. The number of aromatic carboxylic acids is 1. The zero-order valence-electron chi connectivity index (χ0n) is 10.3. The predicted octanol–water partition coefficient (Wildman–Crippen LogP) is 2.52. The Morgan fingerprint density at radius 2 is 2.06 bits per heavy atom. The normalized spacial score (nSPS) is 10.5. The van der Waals surface area contributed by atoms with E-state index < -0.39 is 5.97 Å². The second kappa shape index (κ2) is 5.49. The summed E-state index contributed by atoms with van der Waals surface area (Å²) in [6.45, 7) is 2.40. The molecule has 0 aliphatic carbocycles. The minimum absolute atomic E-state index is 0.295. The molecule has 4 heteroatoms. The Morgan fingerprint density at radius 1 is 1.33 bits per heavy atom. The molecule has 18 heavy (non-hydrogen) atoms. The number of nitrogens with zero attached hydrogens (tertiary/aromatic N) is 2. The van der Waals surface area contributed by atoms with E-state index in [9.17, 15) is 4.79 Å². The zero-order valence-corrected chi connectivity index (χ0v) is 10.3. The highest BCUT2D eigenvalue weighted by molar-refractivity contribution is 5.86. The molecule has 2 aromatic rings. The van der Waals surface area contributed by atoms with Crippen LogP contribution in [0.5, 0.6) is 0 Å². The number of aromatic nitrogens is 2. The van der Waals surface area contributed by atoms with Crippen molar-refractivity contribution < 1.29 is 9.90 Å². The van der Waals surface area contributed by atoms with E-state index in [0.29, 0.717) is 17.9 Å². The van der Waals surface area contributed by atoms with E-state index in [4.69, 9.17) is 5.11 Å². The molecule has 0 fully saturated rings. The Bertz CT molecular complexity index is 532. The second-order valence-electron chi connectivity index (χ2n) is 4.27. The minimum Gasteiger partial charge on any atom is -0.477 e. The Balaban J connectivity index is 1.97. The molecule has 1 N–H and O–H groups in total. The van der Waals surface area contributed by atoms with Crippen LogP contribution in [0.25, 0.3) is 0 Å². The summed E-state index contributed by atoms with van der Waals surface area (Å²) >= 11 is 0. The SMILES string of the molecule is Cc1ncn(CCCc2ccccc2)c1C(=O)O. The van der Waals surface area contributed by atoms with Crippen molar-refractivity contribution in [2.45, 2.75) is 26.3 Å². The molecule has 0 saturated heterocycles. The summed E-state index contributed by atoms with van der Waals surface area (Å²) in [6.07, 6.45) is 3.45. The lowest BCUT2D eigenvalue weighted by atomic mass is 10.1. The van der Waals surface area contributed by atoms with Crippen LogP contribution in [0.2, 0.25) is 0 Å². The highest BCUT2D eigenvalue weighted by atomic mass is 16.4. The van der Waals surface area contributed by atoms with E-state index in [1.54, 1.807) is 17.8 Å². The van der Waals surface area contributed by atoms with E-state index in [0.717, 1.165) is 12.8 Å². The fourth-order valence-corrected chi connectivity index (χ4v) is 2.03. The molecule has 0 radical (unpaired) electrons. The average molecular weight is 244 g/mol. The maximum Gasteiger partial charge on any atom is 0.354 e. The van der Waals surface area contributed by atoms with Gasteiger partial charge in [-0.05, 0) is 25.3 Å². The van der Waals surface area contributed by atoms with Crippen LogP contribution in [0.3, 0.4) is 0 Å². The summed E-state index contributed by atoms with van der Waals surface area (Å²) in [4.78, 5) is 15.1. The van der Waals surface area contributed by atoms with Crippen LogP contribution in [0.15, 0.2) is 36.7 Å². The van der Waals surface area contributed by atoms with Gasteiger partial charge in [-0.2, -0.15) is 0 Å². The van der Waals surface area contributed by atoms with Crippen molar-refractivity contribution in [2.75, 3.05) is 0 Å². The largest absolute Gasteiger partial charge is 0.477 e. The van der Waals surface area contributed by atoms with E-state index in [2.05, 4.69) is 17.1 Å². The number of carboxylic acids is 1. The highest BCUT2D eigenvalue weighted by Gasteiger charge is 2.13. The van der Waals surface area contributed by atoms with Crippen LogP contribution in [-0.2, 0) is 13.0 Å². The molecular formula is C14H16N2O2. The Hall–Kier alpha value is -2.10. The van der Waals surface area contributed by atoms with Gasteiger partial charge >= 0.3 is 5.97 Å². The standard InChI is InChI=1S/C14H16N2O2/c1-11-13(14(17)18)16(10-15-11)9-5-8-12-6-3-2-4-7-12/h2-4,6-7,10H,5,8-9H2,1H3,(H,17,18). The number of imidazole rings is 1. The van der Waals surface area contributed by atoms with Crippen molar-refractivity contribution in [3.63, 3.8) is 0 Å². The molecule has 1 heterocycles. The first-order valence-corrected chi connectivity index (χ1v) is 5.97. The average Bonchev–Trinajstić information content (AvgIpc) is 2.72. The third-order valence-corrected chi connectivity index (χ3v) is 2.93. The van der Waals surface area contributed by atoms with Crippen molar-refractivity contribution in [3.05, 3.63) is 53.6 Å². The molecule has 0 amide bonds. The molecule has 1 aromatic carbocycles. The lowest BCUT2D eigenvalue weighted by Crippen LogP contribution is -2.09. The molecule has 1 aromatic heterocycles. The number of carbonyl (C=O) groups is 1. The monoisotopic (exact) mass is 244 g/mol. The van der Waals surface area contributed by atoms with E-state index in [1.807, 2.05) is 18.2 Å². The summed E-state index contributed by atoms with van der Waals surface area (Å²) in [7, 11) is 0. The van der Waals surface area contributed by atoms with Crippen LogP contribution < -0.4 is 0 Å². The third-order valence-electron chi connectivity index (χ3n) is 2.93. The molecular weight excluding hydrogens is 228 g/mol. The maximum atomic E-state index is 11.1. The lowest BCUT2D eigenvalue weighted by Gasteiger charge is -2.05. The van der Waals surface area contributed by atoms with Crippen LogP contribution in [0.4, 0.5) is 0 Å². The molecule has 0 atom stereocenters. The van der Waals surface area contributed by atoms with Gasteiger partial charge in [0.05, 0.1) is 12.0 Å². The summed E-state index contributed by atoms with van der Waals surface area (Å²) < 4.78 is 1.71. The Labute approximate surface area is 106 Å². The van der Waals surface area contributed by atoms with Gasteiger partial charge in [-0.3, -0.25) is 0 Å². The molecule has 4 nitrogen and oxygen atoms in total. The fraction of sp³-hybridized carbons (Fsp3) is 0.286. The number of rotatable bonds is 5. The summed E-state index contributed by atoms with van der Waals surface area (Å²) in [5.41, 5.74) is 2.14. The molecule has 0 unspecified atom stereocenters. The molecule has 2 rings (SSSR count). The van der Waals surface area contributed by atoms with Gasteiger partial charge in [0.1, 0.15) is 5.69 Å². The molecule has 94 valence electrons. The number of benzene rings is 1. The van der Waals surface area contributed by atoms with Gasteiger partial charge in [0, 0.05) is 6.54 Å². The summed E-state index contributed by atoms with van der Waals surface area (Å²) in [5, 5.41) is 9.09. The van der Waals surface area contributed by atoms with Crippen molar-refractivity contribution in [1.82, 2.24) is 9.55 Å². The quantitative estimate of drug-likeness (QED) is 0.879. The zero-order chi connectivity index (χ0) is 13.0. The topological polar surface area (TPSA) is 55.1 Å². The van der Waals surface area contributed by atoms with Crippen molar-refractivity contribution in [3.8, 4) is 0 Å². The van der Waals surface area contributed by atoms with Crippen molar-refractivity contribution >= 4 is 5.97 Å². The lowest BCUT2D eigenvalue weighted by molar-refractivity contribution is 0.0684. The van der Waals surface area contributed by atoms with Crippen LogP contribution in [0, 0.1) is 6.92 Å². The second-order valence-corrected chi connectivity index (χ2v) is 4.27. The van der Waals surface area contributed by atoms with E-state index >= 15 is 0 Å². The van der Waals surface area contributed by atoms with Crippen LogP contribution >= 0.6 is 0 Å². The van der Waals surface area contributed by atoms with Gasteiger partial charge < -0.3 is 9.67 Å². The molecule has 0 spiro atoms. The predicted molar refractivity (Wildman–Crippen MR) is 68.7 cm³/mol. The van der Waals surface area contributed by atoms with E-state index in [1.165, 1.54) is 5.56 Å². The number of aryl methyl sites for hydroxylation is 3. The summed E-state index contributed by atoms with van der Waals surface area (Å²) in [5.74, 6) is -0.912. The van der Waals surface area contributed by atoms with Gasteiger partial charge in [0.25, 0.3) is 0 Å². The first-order valence-electron chi connectivity index (χ1n) is 5.97. The van der Waals surface area contributed by atoms with Gasteiger partial charge in [-0.15, -0.1) is 0 Å². The summed E-state index contributed by atoms with van der Waals surface area (Å²) in [6, 6.07) is 10.2. The van der Waals surface area contributed by atoms with Gasteiger partial charge in [0.2, 0.25) is 0 Å². The molecule has 0 bridgehead atoms. The van der Waals surface area contributed by atoms with Crippen molar-refractivity contribution in [1.29, 1.82) is 0 Å². The van der Waals surface area contributed by atoms with E-state index in [-0.39, 0.29) is 0 Å². The third kappa shape index (κ3) is 2.77. The van der Waals surface area contributed by atoms with Crippen molar-refractivity contribution in [2.24, 2.45) is 0 Å². The number of hydrogen-bond acceptors (Lipinski definition) is 2. The maximum absolute atomic E-state index is 11.1. The first kappa shape index (κ1) is 12.4. The fourth-order valence-electron chi connectivity index (χ4n) is 2.03. The van der Waals surface area contributed by atoms with Crippen LogP contribution in [0.1, 0.15) is 28.2 Å². The van der Waals surface area contributed by atoms with Crippen LogP contribution in [-0.4, -0.2) is 20.6 Å². The first-order chi connectivity index (χ1) is 8.68. The Kier molecular flexibility index (Phi) is 3.77. The van der Waals surface area contributed by atoms with Gasteiger partial charge in [-0.25, -0.2) is 9.78 Å². The highest BCUT2D eigenvalue weighted by Crippen LogP contribution is 2.09.